The fourth-order valence-corrected chi connectivity index (χ4v) is 14.8. The number of benzene rings is 3. The first-order valence-electron chi connectivity index (χ1n) is 33.7. The predicted molar refractivity (Wildman–Crippen MR) is 370 cm³/mol. The van der Waals surface area contributed by atoms with Gasteiger partial charge in [0.25, 0.3) is 10.0 Å². The molecule has 98 heavy (non-hydrogen) atoms. The van der Waals surface area contributed by atoms with Gasteiger partial charge in [-0.15, -0.1) is 0 Å². The monoisotopic (exact) mass is 1370 g/mol. The Bertz CT molecular complexity index is 3810. The Morgan fingerprint density at radius 3 is 2.08 bits per heavy atom. The maximum Gasteiger partial charge on any atom is 0.264 e. The minimum atomic E-state index is -4.24. The van der Waals surface area contributed by atoms with Gasteiger partial charge in [-0.3, -0.25) is 53.1 Å². The molecule has 0 bridgehead atoms. The van der Waals surface area contributed by atoms with Crippen LogP contribution in [0.25, 0.3) is 10.9 Å². The molecule has 0 unspecified atom stereocenters. The van der Waals surface area contributed by atoms with E-state index in [0.717, 1.165) is 16.5 Å². The van der Waals surface area contributed by atoms with Crippen LogP contribution < -0.4 is 63.9 Å². The number of fused-ring (bicyclic) bond motifs is 4. The third kappa shape index (κ3) is 19.4. The van der Waals surface area contributed by atoms with Gasteiger partial charge in [0.15, 0.2) is 5.96 Å². The smallest absolute Gasteiger partial charge is 0.264 e. The van der Waals surface area contributed by atoms with Crippen LogP contribution >= 0.6 is 0 Å². The number of para-hydroxylation sites is 1. The molecule has 9 amide bonds. The number of H-pyrrole nitrogens is 1. The van der Waals surface area contributed by atoms with Gasteiger partial charge >= 0.3 is 0 Å². The van der Waals surface area contributed by atoms with Gasteiger partial charge in [-0.1, -0.05) is 60.7 Å². The molecule has 29 heteroatoms. The Morgan fingerprint density at radius 2 is 1.38 bits per heavy atom. The first kappa shape index (κ1) is 74.3. The number of aromatic nitrogens is 1. The summed E-state index contributed by atoms with van der Waals surface area (Å²) in [6.07, 6.45) is 9.01. The van der Waals surface area contributed by atoms with Crippen LogP contribution in [0.5, 0.6) is 5.75 Å². The summed E-state index contributed by atoms with van der Waals surface area (Å²) in [4.78, 5) is 144. The third-order valence-corrected chi connectivity index (χ3v) is 19.9. The van der Waals surface area contributed by atoms with Crippen molar-refractivity contribution >= 4 is 86.0 Å². The molecule has 3 aromatic carbocycles. The van der Waals surface area contributed by atoms with E-state index in [1.54, 1.807) is 50.4 Å². The Kier molecular flexibility index (Phi) is 25.5. The van der Waals surface area contributed by atoms with Gasteiger partial charge in [0.05, 0.1) is 4.90 Å². The minimum absolute atomic E-state index is 0.0219. The van der Waals surface area contributed by atoms with Gasteiger partial charge < -0.3 is 73.9 Å². The topological polar surface area (TPSA) is 418 Å². The molecule has 0 spiro atoms. The summed E-state index contributed by atoms with van der Waals surface area (Å²) in [6.45, 7) is 12.4. The van der Waals surface area contributed by atoms with E-state index in [-0.39, 0.29) is 88.5 Å². The molecule has 4 aliphatic heterocycles. The number of guanidine groups is 2. The summed E-state index contributed by atoms with van der Waals surface area (Å²) in [7, 11) is -4.24. The van der Waals surface area contributed by atoms with Crippen molar-refractivity contribution in [3.8, 4) is 5.75 Å². The zero-order chi connectivity index (χ0) is 71.0. The van der Waals surface area contributed by atoms with E-state index in [2.05, 4.69) is 56.9 Å². The van der Waals surface area contributed by atoms with Gasteiger partial charge in [0, 0.05) is 81.6 Å². The molecule has 0 aliphatic carbocycles. The Balaban J connectivity index is 1.02. The molecule has 4 aromatic rings. The number of carbonyl (C=O) groups excluding carboxylic acids is 9. The quantitative estimate of drug-likeness (QED) is 0.0276. The van der Waals surface area contributed by atoms with Gasteiger partial charge in [0.2, 0.25) is 59.1 Å². The first-order valence-corrected chi connectivity index (χ1v) is 35.2. The van der Waals surface area contributed by atoms with Crippen molar-refractivity contribution in [2.24, 2.45) is 27.2 Å². The van der Waals surface area contributed by atoms with Crippen molar-refractivity contribution in [2.45, 2.75) is 204 Å². The maximum atomic E-state index is 15.1. The summed E-state index contributed by atoms with van der Waals surface area (Å²) >= 11 is 0. The zero-order valence-electron chi connectivity index (χ0n) is 57.0. The van der Waals surface area contributed by atoms with Crippen molar-refractivity contribution in [1.29, 1.82) is 0 Å². The first-order chi connectivity index (χ1) is 46.6. The highest BCUT2D eigenvalue weighted by Gasteiger charge is 2.42. The van der Waals surface area contributed by atoms with Gasteiger partial charge in [-0.25, -0.2) is 13.1 Å². The standard InChI is InChI=1S/C69H96N16O12S/c1-40-41(2)58(42(3)48-38-69(6,7)97-57(40)48)98(95,96)83-68(72)75-33-19-28-52-65(93)84-34-20-29-55(84)63(91)73-31-17-10-8-9-14-26-51(61(89)82-54(36-45-22-12-11-13-23-45)66(94)85-35-21-30-56(85)64(92)77-43(4)59(87)80-52)79-62(90)53(37-46-39-76-49-25-16-15-24-47(46)49)81-60(88)50(78-44(5)86)27-18-32-74-67(70)71/h8,10-13,15-16,22-25,39,43,50-56,76H,9,14,17-21,26-38H2,1-7H3,(H,73,91)(H,77,92)(H,78,86)(H,79,90)(H,80,87)(H,81,88)(H,82,89)(H4,70,71,74)(H3,72,75,83)/b10-8+/t43-,50-,51-,52-,53-,54-,55-,56-/m0/s1. The fraction of sp³-hybridized carbons (Fsp3) is 0.522. The van der Waals surface area contributed by atoms with Gasteiger partial charge in [-0.2, -0.15) is 0 Å². The normalized spacial score (nSPS) is 22.4. The fourth-order valence-electron chi connectivity index (χ4n) is 13.3. The molecule has 4 aliphatic rings. The highest BCUT2D eigenvalue weighted by molar-refractivity contribution is 7.90. The minimum Gasteiger partial charge on any atom is -0.487 e. The number of nitrogens with two attached hydrogens (primary N) is 3. The number of nitrogens with zero attached hydrogens (tertiary/aromatic N) is 4. The van der Waals surface area contributed by atoms with E-state index in [0.29, 0.717) is 84.9 Å². The summed E-state index contributed by atoms with van der Waals surface area (Å²) in [5, 5.41) is 20.6. The molecule has 8 rings (SSSR count). The number of ether oxygens (including phenoxy) is 1. The number of carbonyl (C=O) groups is 9. The van der Waals surface area contributed by atoms with Crippen molar-refractivity contribution < 1.29 is 56.3 Å². The van der Waals surface area contributed by atoms with Gasteiger partial charge in [0.1, 0.15) is 59.7 Å². The van der Waals surface area contributed by atoms with E-state index >= 15 is 9.59 Å². The molecule has 2 saturated heterocycles. The third-order valence-electron chi connectivity index (χ3n) is 18.3. The molecule has 5 heterocycles. The lowest BCUT2D eigenvalue weighted by molar-refractivity contribution is -0.143. The van der Waals surface area contributed by atoms with Crippen LogP contribution in [0.1, 0.15) is 138 Å². The molecule has 0 saturated carbocycles. The van der Waals surface area contributed by atoms with Crippen molar-refractivity contribution in [3.63, 3.8) is 0 Å². The van der Waals surface area contributed by atoms with Crippen molar-refractivity contribution in [2.75, 3.05) is 32.7 Å². The SMILES string of the molecule is CC(=O)N[C@@H](CCCN=C(N)N)C(=O)N[C@@H](Cc1c[nH]c2ccccc12)C(=O)N[C@H]1CCC/C=C/CCNC(=O)[C@@H]2CCCN2C(=O)[C@H](CCCN=C(N)NS(=O)(=O)c2c(C)c(C)c3c(c2C)CC(C)(C)O3)NC(=O)[C@H](C)NC(=O)[C@@H]2CCCN2C(=O)[C@H](Cc2ccccc2)NC1=O. The Labute approximate surface area is 572 Å². The summed E-state index contributed by atoms with van der Waals surface area (Å²) in [5.74, 6) is -5.46. The van der Waals surface area contributed by atoms with Crippen LogP contribution in [0.3, 0.4) is 0 Å². The Morgan fingerprint density at radius 1 is 0.724 bits per heavy atom. The number of aromatic amines is 1. The molecular formula is C69H96N16O12S. The molecule has 28 nitrogen and oxygen atoms in total. The number of rotatable bonds is 19. The molecule has 2 fully saturated rings. The average Bonchev–Trinajstić information content (AvgIpc) is 1.52. The highest BCUT2D eigenvalue weighted by Crippen LogP contribution is 2.44. The summed E-state index contributed by atoms with van der Waals surface area (Å²) in [5.41, 5.74) is 21.4. The van der Waals surface area contributed by atoms with Crippen LogP contribution in [0, 0.1) is 20.8 Å². The van der Waals surface area contributed by atoms with Crippen molar-refractivity contribution in [1.82, 2.24) is 56.7 Å². The molecule has 8 atom stereocenters. The second kappa shape index (κ2) is 33.6. The molecule has 530 valence electrons. The summed E-state index contributed by atoms with van der Waals surface area (Å²) < 4.78 is 36.6. The average molecular weight is 1370 g/mol. The molecule has 0 radical (unpaired) electrons. The number of hydrogen-bond donors (Lipinski definition) is 12. The van der Waals surface area contributed by atoms with E-state index in [4.69, 9.17) is 21.9 Å². The lowest BCUT2D eigenvalue weighted by Crippen LogP contribution is -2.60. The molecular weight excluding hydrogens is 1280 g/mol. The van der Waals surface area contributed by atoms with E-state index in [1.165, 1.54) is 23.6 Å². The van der Waals surface area contributed by atoms with Crippen LogP contribution in [0.15, 0.2) is 87.8 Å². The largest absolute Gasteiger partial charge is 0.487 e. The highest BCUT2D eigenvalue weighted by atomic mass is 32.2. The second-order valence-corrected chi connectivity index (χ2v) is 28.0. The van der Waals surface area contributed by atoms with E-state index < -0.39 is 123 Å². The molecule has 1 aromatic heterocycles. The van der Waals surface area contributed by atoms with Crippen LogP contribution in [0.4, 0.5) is 0 Å². The zero-order valence-corrected chi connectivity index (χ0v) is 57.8. The van der Waals surface area contributed by atoms with E-state index in [9.17, 15) is 42.0 Å². The number of hydrogen-bond acceptors (Lipinski definition) is 14. The predicted octanol–water partition coefficient (Wildman–Crippen LogP) is 1.90. The lowest BCUT2D eigenvalue weighted by Gasteiger charge is -2.31. The van der Waals surface area contributed by atoms with Crippen LogP contribution in [-0.2, 0) is 72.4 Å². The van der Waals surface area contributed by atoms with Crippen LogP contribution in [-0.4, -0.2) is 175 Å². The lowest BCUT2D eigenvalue weighted by atomic mass is 9.94. The number of aliphatic imine (C=N–C) groups is 2. The second-order valence-electron chi connectivity index (χ2n) is 26.4. The van der Waals surface area contributed by atoms with Crippen molar-refractivity contribution in [3.05, 3.63) is 106 Å². The number of allylic oxidation sites excluding steroid dienone is 1. The molecule has 15 N–H and O–H groups in total. The maximum absolute atomic E-state index is 15.1. The number of sulfonamides is 1. The number of nitrogens with one attached hydrogen (secondary N) is 9. The van der Waals surface area contributed by atoms with Crippen LogP contribution in [0.2, 0.25) is 0 Å². The summed E-state index contributed by atoms with van der Waals surface area (Å²) in [6, 6.07) is 6.87. The van der Waals surface area contributed by atoms with Gasteiger partial charge in [-0.05, 0) is 152 Å². The van der Waals surface area contributed by atoms with E-state index in [1.807, 2.05) is 57.2 Å². The number of amides is 9. The Hall–Kier alpha value is -9.54.